The maximum Gasteiger partial charge on any atom is 0.251 e. The van der Waals surface area contributed by atoms with Crippen LogP contribution in [0.5, 0.6) is 0 Å². The van der Waals surface area contributed by atoms with Gasteiger partial charge in [-0.15, -0.1) is 0 Å². The van der Waals surface area contributed by atoms with Crippen LogP contribution in [0.4, 0.5) is 0 Å². The molecular weight excluding hydrogens is 290 g/mol. The smallest absolute Gasteiger partial charge is 0.251 e. The number of nitrogens with one attached hydrogen (secondary N) is 1. The predicted molar refractivity (Wildman–Crippen MR) is 90.5 cm³/mol. The second kappa shape index (κ2) is 7.59. The summed E-state index contributed by atoms with van der Waals surface area (Å²) in [6.45, 7) is 1.14. The molecule has 1 aromatic heterocycles. The molecule has 0 aliphatic heterocycles. The summed E-state index contributed by atoms with van der Waals surface area (Å²) in [6, 6.07) is 5.60. The van der Waals surface area contributed by atoms with Gasteiger partial charge in [-0.25, -0.2) is 4.98 Å². The molecule has 0 atom stereocenters. The lowest BCUT2D eigenvalue weighted by Gasteiger charge is -2.15. The molecule has 1 saturated carbocycles. The number of nitrogens with zero attached hydrogens (tertiary/aromatic N) is 2. The molecule has 23 heavy (non-hydrogen) atoms. The number of amides is 1. The summed E-state index contributed by atoms with van der Waals surface area (Å²) in [6.07, 6.45) is 9.63. The summed E-state index contributed by atoms with van der Waals surface area (Å²) in [5.74, 6) is -0.0676. The molecule has 1 aliphatic carbocycles. The highest BCUT2D eigenvalue weighted by molar-refractivity contribution is 5.97. The van der Waals surface area contributed by atoms with E-state index in [0.717, 1.165) is 23.9 Å². The Morgan fingerprint density at radius 2 is 2.09 bits per heavy atom. The molecule has 0 unspecified atom stereocenters. The molecule has 1 amide bonds. The maximum absolute atomic E-state index is 12.2. The zero-order valence-electron chi connectivity index (χ0n) is 13.8. The number of fused-ring (bicyclic) bond motifs is 1. The molecule has 5 nitrogen and oxygen atoms in total. The Balaban J connectivity index is 1.46. The molecule has 1 N–H and O–H groups in total. The van der Waals surface area contributed by atoms with Crippen LogP contribution in [0, 0.1) is 0 Å². The van der Waals surface area contributed by atoms with Crippen molar-refractivity contribution in [3.05, 3.63) is 30.1 Å². The fraction of sp³-hybridized carbons (Fsp3) is 0.556. The van der Waals surface area contributed by atoms with Gasteiger partial charge in [0, 0.05) is 19.2 Å². The van der Waals surface area contributed by atoms with Gasteiger partial charge in [-0.05, 0) is 31.0 Å². The number of ether oxygens (including phenoxy) is 1. The first-order valence-electron chi connectivity index (χ1n) is 8.55. The highest BCUT2D eigenvalue weighted by Crippen LogP contribution is 2.19. The van der Waals surface area contributed by atoms with Gasteiger partial charge in [-0.2, -0.15) is 0 Å². The van der Waals surface area contributed by atoms with E-state index in [-0.39, 0.29) is 5.91 Å². The van der Waals surface area contributed by atoms with Gasteiger partial charge >= 0.3 is 0 Å². The van der Waals surface area contributed by atoms with Gasteiger partial charge in [0.05, 0.1) is 30.1 Å². The zero-order valence-corrected chi connectivity index (χ0v) is 13.8. The highest BCUT2D eigenvalue weighted by atomic mass is 16.5. The summed E-state index contributed by atoms with van der Waals surface area (Å²) in [5.41, 5.74) is 2.51. The Morgan fingerprint density at radius 1 is 1.30 bits per heavy atom. The molecule has 0 saturated heterocycles. The van der Waals surface area contributed by atoms with Gasteiger partial charge in [0.2, 0.25) is 0 Å². The topological polar surface area (TPSA) is 56.2 Å². The van der Waals surface area contributed by atoms with Crippen LogP contribution in [0.3, 0.4) is 0 Å². The van der Waals surface area contributed by atoms with Crippen molar-refractivity contribution >= 4 is 16.9 Å². The van der Waals surface area contributed by atoms with Crippen molar-refractivity contribution < 1.29 is 9.53 Å². The minimum atomic E-state index is -0.0676. The van der Waals surface area contributed by atoms with Gasteiger partial charge in [0.1, 0.15) is 0 Å². The number of carbonyl (C=O) groups excluding carboxylic acids is 1. The van der Waals surface area contributed by atoms with Crippen LogP contribution in [0.1, 0.15) is 48.9 Å². The minimum Gasteiger partial charge on any atom is -0.376 e. The molecule has 124 valence electrons. The number of aromatic nitrogens is 2. The largest absolute Gasteiger partial charge is 0.376 e. The van der Waals surface area contributed by atoms with Crippen molar-refractivity contribution in [1.29, 1.82) is 0 Å². The van der Waals surface area contributed by atoms with E-state index in [4.69, 9.17) is 4.74 Å². The Labute approximate surface area is 137 Å². The average Bonchev–Trinajstić information content (AvgIpc) is 2.77. The third kappa shape index (κ3) is 4.10. The van der Waals surface area contributed by atoms with E-state index in [1.807, 2.05) is 29.8 Å². The summed E-state index contributed by atoms with van der Waals surface area (Å²) in [4.78, 5) is 16.5. The lowest BCUT2D eigenvalue weighted by Crippen LogP contribution is -2.28. The highest BCUT2D eigenvalue weighted by Gasteiger charge is 2.13. The number of aryl methyl sites for hydroxylation is 1. The van der Waals surface area contributed by atoms with Gasteiger partial charge in [0.25, 0.3) is 5.91 Å². The zero-order chi connectivity index (χ0) is 16.1. The normalized spacial score (nSPS) is 16.4. The molecule has 2 aromatic rings. The van der Waals surface area contributed by atoms with Crippen molar-refractivity contribution in [3.63, 3.8) is 0 Å². The Kier molecular flexibility index (Phi) is 5.28. The summed E-state index contributed by atoms with van der Waals surface area (Å²) >= 11 is 0. The van der Waals surface area contributed by atoms with E-state index in [2.05, 4.69) is 10.3 Å². The number of imidazole rings is 1. The van der Waals surface area contributed by atoms with E-state index in [1.54, 1.807) is 6.33 Å². The van der Waals surface area contributed by atoms with Gasteiger partial charge in [0.15, 0.2) is 0 Å². The van der Waals surface area contributed by atoms with Crippen LogP contribution in [0.15, 0.2) is 24.5 Å². The standard InChI is InChI=1S/C18H25N3O2/c1-21-13-20-16-12-14(8-9-17(16)21)18(22)19-10-11-23-15-6-4-2-3-5-7-15/h8-9,12-13,15H,2-7,10-11H2,1H3,(H,19,22). The van der Waals surface area contributed by atoms with Crippen LogP contribution in [0.2, 0.25) is 0 Å². The molecule has 3 rings (SSSR count). The van der Waals surface area contributed by atoms with Crippen molar-refractivity contribution in [2.24, 2.45) is 7.05 Å². The molecule has 1 heterocycles. The average molecular weight is 315 g/mol. The lowest BCUT2D eigenvalue weighted by atomic mass is 10.1. The third-order valence-electron chi connectivity index (χ3n) is 4.53. The first-order chi connectivity index (χ1) is 11.2. The number of hydrogen-bond donors (Lipinski definition) is 1. The summed E-state index contributed by atoms with van der Waals surface area (Å²) < 4.78 is 7.83. The second-order valence-corrected chi connectivity index (χ2v) is 6.30. The predicted octanol–water partition coefficient (Wildman–Crippen LogP) is 3.04. The quantitative estimate of drug-likeness (QED) is 0.681. The Bertz CT molecular complexity index is 657. The Morgan fingerprint density at radius 3 is 2.87 bits per heavy atom. The van der Waals surface area contributed by atoms with E-state index >= 15 is 0 Å². The van der Waals surface area contributed by atoms with E-state index < -0.39 is 0 Å². The Hall–Kier alpha value is -1.88. The SMILES string of the molecule is Cn1cnc2cc(C(=O)NCCOC3CCCCCC3)ccc21. The van der Waals surface area contributed by atoms with E-state index in [9.17, 15) is 4.79 Å². The van der Waals surface area contributed by atoms with Crippen LogP contribution >= 0.6 is 0 Å². The van der Waals surface area contributed by atoms with E-state index in [0.29, 0.717) is 24.8 Å². The molecule has 0 spiro atoms. The number of benzene rings is 1. The van der Waals surface area contributed by atoms with Crippen molar-refractivity contribution in [1.82, 2.24) is 14.9 Å². The van der Waals surface area contributed by atoms with Crippen LogP contribution < -0.4 is 5.32 Å². The monoisotopic (exact) mass is 315 g/mol. The van der Waals surface area contributed by atoms with E-state index in [1.165, 1.54) is 25.7 Å². The molecule has 0 radical (unpaired) electrons. The first kappa shape index (κ1) is 16.0. The van der Waals surface area contributed by atoms with Crippen LogP contribution in [-0.2, 0) is 11.8 Å². The fourth-order valence-electron chi connectivity index (χ4n) is 3.18. The van der Waals surface area contributed by atoms with Crippen LogP contribution in [-0.4, -0.2) is 34.7 Å². The summed E-state index contributed by atoms with van der Waals surface area (Å²) in [5, 5.41) is 2.93. The molecule has 1 fully saturated rings. The van der Waals surface area contributed by atoms with Crippen molar-refractivity contribution in [2.45, 2.75) is 44.6 Å². The number of rotatable bonds is 5. The van der Waals surface area contributed by atoms with Gasteiger partial charge in [-0.1, -0.05) is 25.7 Å². The third-order valence-corrected chi connectivity index (χ3v) is 4.53. The fourth-order valence-corrected chi connectivity index (χ4v) is 3.18. The molecular formula is C18H25N3O2. The summed E-state index contributed by atoms with van der Waals surface area (Å²) in [7, 11) is 1.94. The van der Waals surface area contributed by atoms with Crippen LogP contribution in [0.25, 0.3) is 11.0 Å². The molecule has 1 aromatic carbocycles. The van der Waals surface area contributed by atoms with Crippen molar-refractivity contribution in [2.75, 3.05) is 13.2 Å². The maximum atomic E-state index is 12.2. The first-order valence-corrected chi connectivity index (χ1v) is 8.55. The van der Waals surface area contributed by atoms with Crippen molar-refractivity contribution in [3.8, 4) is 0 Å². The van der Waals surface area contributed by atoms with Gasteiger partial charge < -0.3 is 14.6 Å². The molecule has 0 bridgehead atoms. The molecule has 1 aliphatic rings. The lowest BCUT2D eigenvalue weighted by molar-refractivity contribution is 0.0442. The number of carbonyl (C=O) groups is 1. The van der Waals surface area contributed by atoms with Gasteiger partial charge in [-0.3, -0.25) is 4.79 Å². The number of hydrogen-bond acceptors (Lipinski definition) is 3. The minimum absolute atomic E-state index is 0.0676. The molecule has 5 heteroatoms. The second-order valence-electron chi connectivity index (χ2n) is 6.30.